The molecule has 0 saturated carbocycles. The molecule has 0 bridgehead atoms. The Balaban J connectivity index is 2.81. The highest BCUT2D eigenvalue weighted by Crippen LogP contribution is 2.09. The van der Waals surface area contributed by atoms with Crippen molar-refractivity contribution >= 4 is 11.9 Å². The molecule has 0 heterocycles. The summed E-state index contributed by atoms with van der Waals surface area (Å²) in [5.74, 6) is -2.46. The second-order valence-corrected chi connectivity index (χ2v) is 2.71. The number of benzene rings is 1. The molecule has 0 unspecified atom stereocenters. The fraction of sp³-hybridized carbons (Fsp3) is 0.111. The molecule has 15 heavy (non-hydrogen) atoms. The molecular formula is C9H7F2NO3. The highest BCUT2D eigenvalue weighted by Gasteiger charge is 2.13. The van der Waals surface area contributed by atoms with E-state index in [1.54, 1.807) is 5.32 Å². The minimum atomic E-state index is -1.40. The summed E-state index contributed by atoms with van der Waals surface area (Å²) < 4.78 is 25.6. The highest BCUT2D eigenvalue weighted by atomic mass is 19.1. The number of ketones is 1. The van der Waals surface area contributed by atoms with Gasteiger partial charge in [0.05, 0.1) is 12.1 Å². The van der Waals surface area contributed by atoms with Crippen molar-refractivity contribution < 1.29 is 23.5 Å². The predicted molar refractivity (Wildman–Crippen MR) is 46.7 cm³/mol. The maximum atomic E-state index is 13.0. The van der Waals surface area contributed by atoms with Gasteiger partial charge in [-0.2, -0.15) is 0 Å². The van der Waals surface area contributed by atoms with Gasteiger partial charge < -0.3 is 10.4 Å². The molecule has 0 spiro atoms. The molecule has 6 heteroatoms. The summed E-state index contributed by atoms with van der Waals surface area (Å²) in [6.07, 6.45) is -1.40. The molecule has 80 valence electrons. The number of hydrogen-bond donors (Lipinski definition) is 2. The van der Waals surface area contributed by atoms with Gasteiger partial charge in [-0.25, -0.2) is 13.6 Å². The van der Waals surface area contributed by atoms with Gasteiger partial charge >= 0.3 is 6.09 Å². The van der Waals surface area contributed by atoms with Gasteiger partial charge in [-0.15, -0.1) is 0 Å². The van der Waals surface area contributed by atoms with E-state index in [9.17, 15) is 18.4 Å². The molecule has 2 N–H and O–H groups in total. The Kier molecular flexibility index (Phi) is 3.33. The van der Waals surface area contributed by atoms with Crippen molar-refractivity contribution in [2.75, 3.05) is 6.54 Å². The van der Waals surface area contributed by atoms with Gasteiger partial charge in [0.2, 0.25) is 0 Å². The molecule has 1 amide bonds. The lowest BCUT2D eigenvalue weighted by molar-refractivity contribution is 0.0982. The van der Waals surface area contributed by atoms with Crippen LogP contribution in [0.25, 0.3) is 0 Å². The Hall–Kier alpha value is -1.98. The lowest BCUT2D eigenvalue weighted by Gasteiger charge is -2.02. The predicted octanol–water partition coefficient (Wildman–Crippen LogP) is 1.42. The highest BCUT2D eigenvalue weighted by molar-refractivity contribution is 5.99. The summed E-state index contributed by atoms with van der Waals surface area (Å²) in [7, 11) is 0. The Morgan fingerprint density at radius 3 is 2.60 bits per heavy atom. The molecule has 0 aromatic heterocycles. The lowest BCUT2D eigenvalue weighted by atomic mass is 10.1. The first-order valence-corrected chi connectivity index (χ1v) is 3.95. The lowest BCUT2D eigenvalue weighted by Crippen LogP contribution is -2.28. The zero-order chi connectivity index (χ0) is 11.4. The normalized spacial score (nSPS) is 9.73. The van der Waals surface area contributed by atoms with Crippen molar-refractivity contribution in [1.82, 2.24) is 5.32 Å². The molecule has 1 aromatic rings. The smallest absolute Gasteiger partial charge is 0.405 e. The Labute approximate surface area is 83.5 Å². The monoisotopic (exact) mass is 215 g/mol. The number of rotatable bonds is 3. The van der Waals surface area contributed by atoms with E-state index in [1.165, 1.54) is 0 Å². The van der Waals surface area contributed by atoms with Crippen molar-refractivity contribution in [3.05, 3.63) is 35.4 Å². The van der Waals surface area contributed by atoms with Crippen molar-refractivity contribution in [2.24, 2.45) is 0 Å². The molecule has 1 aromatic carbocycles. The number of hydrogen-bond acceptors (Lipinski definition) is 2. The Morgan fingerprint density at radius 2 is 2.00 bits per heavy atom. The molecule has 0 saturated heterocycles. The van der Waals surface area contributed by atoms with Crippen LogP contribution in [0.1, 0.15) is 10.4 Å². The number of halogens is 2. The minimum Gasteiger partial charge on any atom is -0.465 e. The van der Waals surface area contributed by atoms with E-state index in [2.05, 4.69) is 0 Å². The van der Waals surface area contributed by atoms with Gasteiger partial charge in [-0.1, -0.05) is 0 Å². The topological polar surface area (TPSA) is 66.4 Å². The van der Waals surface area contributed by atoms with Crippen LogP contribution in [-0.4, -0.2) is 23.5 Å². The van der Waals surface area contributed by atoms with Crippen molar-refractivity contribution in [3.8, 4) is 0 Å². The number of carboxylic acid groups (broad SMARTS) is 1. The summed E-state index contributed by atoms with van der Waals surface area (Å²) in [5.41, 5.74) is -0.469. The standard InChI is InChI=1S/C9H7F2NO3/c10-5-1-2-7(11)6(3-5)8(13)4-12-9(14)15/h1-3,12H,4H2,(H,14,15). The fourth-order valence-electron chi connectivity index (χ4n) is 0.962. The Bertz CT molecular complexity index is 406. The summed E-state index contributed by atoms with van der Waals surface area (Å²) in [6, 6.07) is 2.40. The van der Waals surface area contributed by atoms with E-state index < -0.39 is 35.6 Å². The third-order valence-corrected chi connectivity index (χ3v) is 1.63. The molecule has 0 fully saturated rings. The quantitative estimate of drug-likeness (QED) is 0.749. The van der Waals surface area contributed by atoms with Crippen LogP contribution >= 0.6 is 0 Å². The first kappa shape index (κ1) is 11.1. The van der Waals surface area contributed by atoms with E-state index >= 15 is 0 Å². The van der Waals surface area contributed by atoms with Gasteiger partial charge in [0.25, 0.3) is 0 Å². The summed E-state index contributed by atoms with van der Waals surface area (Å²) >= 11 is 0. The maximum Gasteiger partial charge on any atom is 0.405 e. The first-order valence-electron chi connectivity index (χ1n) is 3.95. The fourth-order valence-corrected chi connectivity index (χ4v) is 0.962. The van der Waals surface area contributed by atoms with E-state index in [1.807, 2.05) is 0 Å². The zero-order valence-electron chi connectivity index (χ0n) is 7.46. The number of Topliss-reactive ketones (excluding diaryl/α,β-unsaturated/α-hetero) is 1. The van der Waals surface area contributed by atoms with Gasteiger partial charge in [-0.3, -0.25) is 4.79 Å². The summed E-state index contributed by atoms with van der Waals surface area (Å²) in [4.78, 5) is 21.2. The summed E-state index contributed by atoms with van der Waals surface area (Å²) in [6.45, 7) is -0.588. The molecule has 0 aliphatic carbocycles. The zero-order valence-corrected chi connectivity index (χ0v) is 7.46. The van der Waals surface area contributed by atoms with Crippen LogP contribution < -0.4 is 5.32 Å². The molecule has 4 nitrogen and oxygen atoms in total. The number of carbonyl (C=O) groups excluding carboxylic acids is 1. The molecular weight excluding hydrogens is 208 g/mol. The van der Waals surface area contributed by atoms with Gasteiger partial charge in [0.1, 0.15) is 11.6 Å². The van der Waals surface area contributed by atoms with Crippen LogP contribution in [-0.2, 0) is 0 Å². The van der Waals surface area contributed by atoms with Crippen LogP contribution in [0.4, 0.5) is 13.6 Å². The van der Waals surface area contributed by atoms with Crippen LogP contribution in [0.2, 0.25) is 0 Å². The SMILES string of the molecule is O=C(O)NCC(=O)c1cc(F)ccc1F. The largest absolute Gasteiger partial charge is 0.465 e. The van der Waals surface area contributed by atoms with Crippen molar-refractivity contribution in [3.63, 3.8) is 0 Å². The molecule has 0 radical (unpaired) electrons. The second-order valence-electron chi connectivity index (χ2n) is 2.71. The van der Waals surface area contributed by atoms with E-state index in [4.69, 9.17) is 5.11 Å². The third-order valence-electron chi connectivity index (χ3n) is 1.63. The van der Waals surface area contributed by atoms with E-state index in [0.717, 1.165) is 18.2 Å². The molecule has 0 aliphatic rings. The molecule has 1 rings (SSSR count). The number of nitrogens with one attached hydrogen (secondary N) is 1. The van der Waals surface area contributed by atoms with Gasteiger partial charge in [-0.05, 0) is 18.2 Å². The van der Waals surface area contributed by atoms with Crippen LogP contribution in [0, 0.1) is 11.6 Å². The van der Waals surface area contributed by atoms with Crippen LogP contribution in [0.3, 0.4) is 0 Å². The third kappa shape index (κ3) is 3.01. The first-order chi connectivity index (χ1) is 7.00. The minimum absolute atomic E-state index is 0.469. The molecule has 0 aliphatic heterocycles. The number of carbonyl (C=O) groups is 2. The van der Waals surface area contributed by atoms with Gasteiger partial charge in [0.15, 0.2) is 5.78 Å². The number of amides is 1. The van der Waals surface area contributed by atoms with Crippen LogP contribution in [0.15, 0.2) is 18.2 Å². The van der Waals surface area contributed by atoms with Crippen molar-refractivity contribution in [2.45, 2.75) is 0 Å². The van der Waals surface area contributed by atoms with Crippen molar-refractivity contribution in [1.29, 1.82) is 0 Å². The Morgan fingerprint density at radius 1 is 1.33 bits per heavy atom. The average molecular weight is 215 g/mol. The maximum absolute atomic E-state index is 13.0. The average Bonchev–Trinajstić information content (AvgIpc) is 2.18. The second kappa shape index (κ2) is 4.50. The molecule has 0 atom stereocenters. The summed E-state index contributed by atoms with van der Waals surface area (Å²) in [5, 5.41) is 9.97. The van der Waals surface area contributed by atoms with Crippen LogP contribution in [0.5, 0.6) is 0 Å². The van der Waals surface area contributed by atoms with Gasteiger partial charge in [0, 0.05) is 0 Å². The van der Waals surface area contributed by atoms with E-state index in [0.29, 0.717) is 0 Å². The van der Waals surface area contributed by atoms with E-state index in [-0.39, 0.29) is 0 Å².